The van der Waals surface area contributed by atoms with Crippen molar-refractivity contribution >= 4 is 12.3 Å². The van der Waals surface area contributed by atoms with E-state index in [0.717, 1.165) is 39.4 Å². The number of piperazine rings is 1. The minimum atomic E-state index is -0.0219. The summed E-state index contributed by atoms with van der Waals surface area (Å²) in [5.41, 5.74) is 0.535. The minimum absolute atomic E-state index is 0.0219. The van der Waals surface area contributed by atoms with Crippen LogP contribution < -0.4 is 0 Å². The molecule has 0 radical (unpaired) electrons. The molecule has 2 aliphatic heterocycles. The molecule has 0 aromatic heterocycles. The van der Waals surface area contributed by atoms with Gasteiger partial charge in [-0.2, -0.15) is 0 Å². The van der Waals surface area contributed by atoms with Crippen LogP contribution in [-0.2, 0) is 14.3 Å². The third-order valence-corrected chi connectivity index (χ3v) is 3.84. The van der Waals surface area contributed by atoms with Crippen LogP contribution in [0.3, 0.4) is 0 Å². The van der Waals surface area contributed by atoms with Crippen LogP contribution in [-0.4, -0.2) is 79.5 Å². The third-order valence-electron chi connectivity index (χ3n) is 3.84. The summed E-state index contributed by atoms with van der Waals surface area (Å²) >= 11 is 0. The summed E-state index contributed by atoms with van der Waals surface area (Å²) in [6.07, 6.45) is 5.81. The molecule has 0 aromatic rings. The molecule has 2 amide bonds. The Morgan fingerprint density at radius 1 is 1.24 bits per heavy atom. The normalized spacial score (nSPS) is 21.4. The average Bonchev–Trinajstić information content (AvgIpc) is 2.45. The number of hydrogen-bond donors (Lipinski definition) is 0. The molecule has 0 bridgehead atoms. The molecule has 0 saturated carbocycles. The van der Waals surface area contributed by atoms with Crippen LogP contribution in [0.1, 0.15) is 6.92 Å². The first-order chi connectivity index (χ1) is 10.2. The van der Waals surface area contributed by atoms with Crippen molar-refractivity contribution in [3.8, 4) is 0 Å². The largest absolute Gasteiger partial charge is 0.378 e. The van der Waals surface area contributed by atoms with E-state index in [1.807, 2.05) is 17.9 Å². The standard InChI is InChI=1S/C15H23N3O3/c1-3-4-13(9-16(2)12-19)15(20)18-7-5-17(6-8-18)14-10-21-11-14/h3-4,9,12,14H,5-8,10-11H2,1-2H3/b4-3-,13-9+. The van der Waals surface area contributed by atoms with Crippen LogP contribution in [0.5, 0.6) is 0 Å². The fraction of sp³-hybridized carbons (Fsp3) is 0.600. The van der Waals surface area contributed by atoms with Gasteiger partial charge in [0.25, 0.3) is 5.91 Å². The lowest BCUT2D eigenvalue weighted by molar-refractivity contribution is -0.131. The van der Waals surface area contributed by atoms with Crippen molar-refractivity contribution in [2.24, 2.45) is 0 Å². The maximum absolute atomic E-state index is 12.5. The summed E-state index contributed by atoms with van der Waals surface area (Å²) < 4.78 is 5.21. The second-order valence-corrected chi connectivity index (χ2v) is 5.37. The van der Waals surface area contributed by atoms with E-state index < -0.39 is 0 Å². The molecule has 2 saturated heterocycles. The van der Waals surface area contributed by atoms with Gasteiger partial charge in [-0.3, -0.25) is 14.5 Å². The van der Waals surface area contributed by atoms with Gasteiger partial charge in [0, 0.05) is 39.4 Å². The first kappa shape index (κ1) is 15.7. The Balaban J connectivity index is 1.95. The van der Waals surface area contributed by atoms with Crippen molar-refractivity contribution in [2.45, 2.75) is 13.0 Å². The van der Waals surface area contributed by atoms with Gasteiger partial charge in [0.05, 0.1) is 24.8 Å². The molecule has 0 unspecified atom stereocenters. The van der Waals surface area contributed by atoms with E-state index in [4.69, 9.17) is 4.74 Å². The highest BCUT2D eigenvalue weighted by Gasteiger charge is 2.30. The summed E-state index contributed by atoms with van der Waals surface area (Å²) in [5.74, 6) is -0.0219. The van der Waals surface area contributed by atoms with Gasteiger partial charge in [-0.05, 0) is 6.92 Å². The highest BCUT2D eigenvalue weighted by molar-refractivity contribution is 5.96. The van der Waals surface area contributed by atoms with E-state index in [2.05, 4.69) is 4.90 Å². The van der Waals surface area contributed by atoms with Gasteiger partial charge in [-0.15, -0.1) is 0 Å². The van der Waals surface area contributed by atoms with Crippen molar-refractivity contribution in [1.82, 2.24) is 14.7 Å². The maximum Gasteiger partial charge on any atom is 0.255 e. The predicted molar refractivity (Wildman–Crippen MR) is 79.5 cm³/mol. The van der Waals surface area contributed by atoms with Crippen LogP contribution in [0.15, 0.2) is 23.9 Å². The molecular formula is C15H23N3O3. The zero-order chi connectivity index (χ0) is 15.2. The Labute approximate surface area is 125 Å². The fourth-order valence-electron chi connectivity index (χ4n) is 2.51. The lowest BCUT2D eigenvalue weighted by atomic mass is 10.1. The second kappa shape index (κ2) is 7.38. The molecule has 0 N–H and O–H groups in total. The van der Waals surface area contributed by atoms with Gasteiger partial charge < -0.3 is 14.5 Å². The number of carbonyl (C=O) groups excluding carboxylic acids is 2. The van der Waals surface area contributed by atoms with E-state index in [9.17, 15) is 9.59 Å². The molecule has 0 aromatic carbocycles. The second-order valence-electron chi connectivity index (χ2n) is 5.37. The molecule has 0 atom stereocenters. The molecule has 6 nitrogen and oxygen atoms in total. The summed E-state index contributed by atoms with van der Waals surface area (Å²) in [6.45, 7) is 6.67. The van der Waals surface area contributed by atoms with Crippen LogP contribution in [0.4, 0.5) is 0 Å². The number of allylic oxidation sites excluding steroid dienone is 1. The highest BCUT2D eigenvalue weighted by atomic mass is 16.5. The zero-order valence-electron chi connectivity index (χ0n) is 12.7. The summed E-state index contributed by atoms with van der Waals surface area (Å²) in [5, 5.41) is 0. The number of amides is 2. The molecular weight excluding hydrogens is 270 g/mol. The third kappa shape index (κ3) is 3.92. The summed E-state index contributed by atoms with van der Waals surface area (Å²) in [4.78, 5) is 28.8. The molecule has 0 aliphatic carbocycles. The first-order valence-electron chi connectivity index (χ1n) is 7.28. The number of rotatable bonds is 5. The molecule has 2 aliphatic rings. The monoisotopic (exact) mass is 293 g/mol. The van der Waals surface area contributed by atoms with Crippen molar-refractivity contribution in [1.29, 1.82) is 0 Å². The molecule has 6 heteroatoms. The van der Waals surface area contributed by atoms with Crippen molar-refractivity contribution in [2.75, 3.05) is 46.4 Å². The van der Waals surface area contributed by atoms with Crippen molar-refractivity contribution < 1.29 is 14.3 Å². The zero-order valence-corrected chi connectivity index (χ0v) is 12.7. The number of ether oxygens (including phenoxy) is 1. The van der Waals surface area contributed by atoms with Crippen molar-refractivity contribution in [3.63, 3.8) is 0 Å². The fourth-order valence-corrected chi connectivity index (χ4v) is 2.51. The Morgan fingerprint density at radius 3 is 2.38 bits per heavy atom. The molecule has 2 heterocycles. The number of nitrogens with zero attached hydrogens (tertiary/aromatic N) is 3. The Hall–Kier alpha value is -1.66. The van der Waals surface area contributed by atoms with Gasteiger partial charge in [0.1, 0.15) is 0 Å². The maximum atomic E-state index is 12.5. The highest BCUT2D eigenvalue weighted by Crippen LogP contribution is 2.15. The van der Waals surface area contributed by atoms with E-state index in [1.54, 1.807) is 19.3 Å². The molecule has 2 rings (SSSR count). The van der Waals surface area contributed by atoms with Gasteiger partial charge in [-0.1, -0.05) is 12.2 Å². The SMILES string of the molecule is C/C=C\C(=C/N(C)C=O)C(=O)N1CCN(C2COC2)CC1. The van der Waals surface area contributed by atoms with E-state index in [1.165, 1.54) is 4.90 Å². The van der Waals surface area contributed by atoms with E-state index in [0.29, 0.717) is 18.0 Å². The lowest BCUT2D eigenvalue weighted by Crippen LogP contribution is -2.57. The smallest absolute Gasteiger partial charge is 0.255 e. The Bertz CT molecular complexity index is 435. The van der Waals surface area contributed by atoms with Crippen LogP contribution in [0, 0.1) is 0 Å². The van der Waals surface area contributed by atoms with Gasteiger partial charge in [-0.25, -0.2) is 0 Å². The summed E-state index contributed by atoms with van der Waals surface area (Å²) in [6, 6.07) is 0.522. The molecule has 0 spiro atoms. The first-order valence-corrected chi connectivity index (χ1v) is 7.28. The lowest BCUT2D eigenvalue weighted by Gasteiger charge is -2.42. The Kier molecular flexibility index (Phi) is 5.52. The number of carbonyl (C=O) groups is 2. The molecule has 21 heavy (non-hydrogen) atoms. The van der Waals surface area contributed by atoms with Crippen molar-refractivity contribution in [3.05, 3.63) is 23.9 Å². The predicted octanol–water partition coefficient (Wildman–Crippen LogP) is 0.0776. The molecule has 2 fully saturated rings. The quantitative estimate of drug-likeness (QED) is 0.409. The van der Waals surface area contributed by atoms with Crippen LogP contribution in [0.25, 0.3) is 0 Å². The van der Waals surface area contributed by atoms with Crippen LogP contribution >= 0.6 is 0 Å². The van der Waals surface area contributed by atoms with E-state index in [-0.39, 0.29) is 5.91 Å². The van der Waals surface area contributed by atoms with E-state index >= 15 is 0 Å². The minimum Gasteiger partial charge on any atom is -0.378 e. The summed E-state index contributed by atoms with van der Waals surface area (Å²) in [7, 11) is 1.62. The van der Waals surface area contributed by atoms with Gasteiger partial charge in [0.15, 0.2) is 0 Å². The van der Waals surface area contributed by atoms with Gasteiger partial charge in [0.2, 0.25) is 6.41 Å². The average molecular weight is 293 g/mol. The molecule has 116 valence electrons. The van der Waals surface area contributed by atoms with Crippen LogP contribution in [0.2, 0.25) is 0 Å². The topological polar surface area (TPSA) is 53.1 Å². The Morgan fingerprint density at radius 2 is 1.90 bits per heavy atom. The number of hydrogen-bond acceptors (Lipinski definition) is 4. The van der Waals surface area contributed by atoms with Gasteiger partial charge >= 0.3 is 0 Å².